The molecule has 0 radical (unpaired) electrons. The van der Waals surface area contributed by atoms with Gasteiger partial charge >= 0.3 is 0 Å². The zero-order valence-electron chi connectivity index (χ0n) is 20.6. The molecule has 2 aliphatic rings. The predicted molar refractivity (Wildman–Crippen MR) is 134 cm³/mol. The third-order valence-corrected chi connectivity index (χ3v) is 7.10. The van der Waals surface area contributed by atoms with Gasteiger partial charge in [0, 0.05) is 35.1 Å². The number of fused-ring (bicyclic) bond motifs is 2. The first-order valence-electron chi connectivity index (χ1n) is 12.1. The van der Waals surface area contributed by atoms with Crippen molar-refractivity contribution in [1.29, 1.82) is 0 Å². The lowest BCUT2D eigenvalue weighted by atomic mass is 9.77. The minimum absolute atomic E-state index is 0.131. The largest absolute Gasteiger partial charge is 0.507 e. The van der Waals surface area contributed by atoms with E-state index in [2.05, 4.69) is 0 Å². The molecule has 1 amide bonds. The number of aromatic hydroxyl groups is 3. The third kappa shape index (κ3) is 4.10. The topological polar surface area (TPSA) is 225 Å². The molecule has 1 aliphatic carbocycles. The fourth-order valence-electron chi connectivity index (χ4n) is 5.38. The molecule has 2 atom stereocenters. The number of ether oxygens (including phenoxy) is 1. The highest BCUT2D eigenvalue weighted by Crippen LogP contribution is 2.44. The second-order valence-corrected chi connectivity index (χ2v) is 9.60. The maximum atomic E-state index is 14.2. The lowest BCUT2D eigenvalue weighted by Crippen LogP contribution is -2.31. The summed E-state index contributed by atoms with van der Waals surface area (Å²) in [6.07, 6.45) is -2.81. The average molecular weight is 549 g/mol. The number of carbonyl (C=O) groups is 4. The van der Waals surface area contributed by atoms with Gasteiger partial charge in [-0.05, 0) is 24.6 Å². The molecule has 40 heavy (non-hydrogen) atoms. The van der Waals surface area contributed by atoms with Crippen molar-refractivity contribution in [2.75, 3.05) is 0 Å². The van der Waals surface area contributed by atoms with Crippen LogP contribution in [0.5, 0.6) is 17.2 Å². The number of amides is 1. The van der Waals surface area contributed by atoms with Crippen molar-refractivity contribution in [2.24, 2.45) is 5.73 Å². The number of hydrogen-bond donors (Lipinski definition) is 7. The van der Waals surface area contributed by atoms with E-state index in [0.29, 0.717) is 0 Å². The van der Waals surface area contributed by atoms with Crippen LogP contribution >= 0.6 is 0 Å². The van der Waals surface area contributed by atoms with Gasteiger partial charge in [-0.3, -0.25) is 19.2 Å². The summed E-state index contributed by atoms with van der Waals surface area (Å²) < 4.78 is 5.62. The number of benzene rings is 3. The molecular formula is C28H23NO11. The van der Waals surface area contributed by atoms with E-state index in [1.54, 1.807) is 0 Å². The Balaban J connectivity index is 1.76. The van der Waals surface area contributed by atoms with E-state index in [4.69, 9.17) is 10.5 Å². The van der Waals surface area contributed by atoms with Crippen molar-refractivity contribution in [2.45, 2.75) is 37.4 Å². The van der Waals surface area contributed by atoms with E-state index in [0.717, 1.165) is 18.2 Å². The standard InChI is InChI=1S/C28H23NO11/c29-27(38)22-17(32)10-13-20(25(36)19-12(24(13)35)3-1-5-15(19)30)23(22)26(37)21-14(4-2-6-16(21)31)28(39)8-7-11(40-28)9-18(33)34/h1-6,10-11,18,30-34,39H,7-9H2,(H2,29,38). The van der Waals surface area contributed by atoms with Crippen molar-refractivity contribution < 1.29 is 54.6 Å². The number of ketones is 3. The number of nitrogens with two attached hydrogens (primary N) is 1. The molecule has 8 N–H and O–H groups in total. The SMILES string of the molecule is NC(=O)c1c(O)cc2c(c1C(=O)c1c(O)cccc1C1(O)CCC(CC(O)O)O1)C(=O)c1c(O)cccc1C2=O. The Bertz CT molecular complexity index is 1630. The van der Waals surface area contributed by atoms with E-state index in [1.807, 2.05) is 0 Å². The molecule has 1 heterocycles. The first kappa shape index (κ1) is 27.0. The number of aliphatic hydroxyl groups excluding tert-OH is 1. The molecule has 12 nitrogen and oxygen atoms in total. The summed E-state index contributed by atoms with van der Waals surface area (Å²) in [6, 6.07) is 8.21. The Morgan fingerprint density at radius 1 is 0.900 bits per heavy atom. The van der Waals surface area contributed by atoms with Crippen molar-refractivity contribution in [3.63, 3.8) is 0 Å². The van der Waals surface area contributed by atoms with Gasteiger partial charge in [-0.2, -0.15) is 0 Å². The minimum atomic E-state index is -2.21. The molecule has 0 bridgehead atoms. The quantitative estimate of drug-likeness (QED) is 0.132. The molecule has 1 saturated heterocycles. The van der Waals surface area contributed by atoms with Crippen LogP contribution in [-0.4, -0.2) is 66.3 Å². The number of hydrogen-bond acceptors (Lipinski definition) is 11. The number of primary amides is 1. The Hall–Kier alpha value is -4.62. The zero-order chi connectivity index (χ0) is 29.1. The normalized spacial score (nSPS) is 19.9. The molecule has 206 valence electrons. The van der Waals surface area contributed by atoms with E-state index >= 15 is 0 Å². The lowest BCUT2D eigenvalue weighted by molar-refractivity contribution is -0.210. The van der Waals surface area contributed by atoms with Crippen LogP contribution in [-0.2, 0) is 10.5 Å². The van der Waals surface area contributed by atoms with E-state index in [-0.39, 0.29) is 30.4 Å². The third-order valence-electron chi connectivity index (χ3n) is 7.10. The highest BCUT2D eigenvalue weighted by Gasteiger charge is 2.45. The molecule has 1 fully saturated rings. The molecule has 5 rings (SSSR count). The molecule has 3 aromatic rings. The molecule has 0 spiro atoms. The van der Waals surface area contributed by atoms with Gasteiger partial charge in [0.15, 0.2) is 29.4 Å². The van der Waals surface area contributed by atoms with Crippen LogP contribution in [0.1, 0.15) is 82.9 Å². The van der Waals surface area contributed by atoms with E-state index in [1.165, 1.54) is 24.3 Å². The van der Waals surface area contributed by atoms with Gasteiger partial charge in [0.2, 0.25) is 0 Å². The van der Waals surface area contributed by atoms with Crippen LogP contribution < -0.4 is 5.73 Å². The lowest BCUT2D eigenvalue weighted by Gasteiger charge is -2.27. The van der Waals surface area contributed by atoms with E-state index in [9.17, 15) is 49.8 Å². The highest BCUT2D eigenvalue weighted by molar-refractivity contribution is 6.34. The molecule has 0 aromatic heterocycles. The highest BCUT2D eigenvalue weighted by atomic mass is 16.6. The monoisotopic (exact) mass is 549 g/mol. The Morgan fingerprint density at radius 3 is 2.25 bits per heavy atom. The molecule has 3 aromatic carbocycles. The molecular weight excluding hydrogens is 526 g/mol. The molecule has 12 heteroatoms. The van der Waals surface area contributed by atoms with Gasteiger partial charge in [-0.15, -0.1) is 0 Å². The summed E-state index contributed by atoms with van der Waals surface area (Å²) in [5, 5.41) is 61.8. The maximum Gasteiger partial charge on any atom is 0.253 e. The molecule has 1 aliphatic heterocycles. The molecule has 2 unspecified atom stereocenters. The molecule has 0 saturated carbocycles. The van der Waals surface area contributed by atoms with Crippen molar-refractivity contribution in [1.82, 2.24) is 0 Å². The zero-order valence-corrected chi connectivity index (χ0v) is 20.6. The maximum absolute atomic E-state index is 14.2. The summed E-state index contributed by atoms with van der Waals surface area (Å²) in [5.74, 6) is -8.80. The summed E-state index contributed by atoms with van der Waals surface area (Å²) in [5.41, 5.74) is 1.23. The van der Waals surface area contributed by atoms with Crippen LogP contribution in [0.15, 0.2) is 42.5 Å². The summed E-state index contributed by atoms with van der Waals surface area (Å²) in [4.78, 5) is 53.7. The van der Waals surface area contributed by atoms with Crippen molar-refractivity contribution >= 4 is 23.3 Å². The van der Waals surface area contributed by atoms with Crippen molar-refractivity contribution in [3.05, 3.63) is 87.0 Å². The van der Waals surface area contributed by atoms with Crippen LogP contribution in [0.25, 0.3) is 0 Å². The van der Waals surface area contributed by atoms with Gasteiger partial charge in [0.1, 0.15) is 17.2 Å². The first-order valence-corrected chi connectivity index (χ1v) is 12.1. The van der Waals surface area contributed by atoms with Crippen LogP contribution in [0, 0.1) is 0 Å². The Kier molecular flexibility index (Phi) is 6.43. The smallest absolute Gasteiger partial charge is 0.253 e. The van der Waals surface area contributed by atoms with Gasteiger partial charge < -0.3 is 41.1 Å². The number of phenolic OH excluding ortho intramolecular Hbond substituents is 2. The second kappa shape index (κ2) is 9.54. The predicted octanol–water partition coefficient (Wildman–Crippen LogP) is 0.934. The van der Waals surface area contributed by atoms with Crippen LogP contribution in [0.2, 0.25) is 0 Å². The summed E-state index contributed by atoms with van der Waals surface area (Å²) >= 11 is 0. The minimum Gasteiger partial charge on any atom is -0.507 e. The van der Waals surface area contributed by atoms with Gasteiger partial charge in [-0.25, -0.2) is 0 Å². The number of aliphatic hydroxyl groups is 3. The fraction of sp³-hybridized carbons (Fsp3) is 0.214. The number of carbonyl (C=O) groups excluding carboxylic acids is 4. The fourth-order valence-corrected chi connectivity index (χ4v) is 5.38. The average Bonchev–Trinajstić information content (AvgIpc) is 3.26. The van der Waals surface area contributed by atoms with Crippen molar-refractivity contribution in [3.8, 4) is 17.2 Å². The van der Waals surface area contributed by atoms with Gasteiger partial charge in [0.05, 0.1) is 28.4 Å². The summed E-state index contributed by atoms with van der Waals surface area (Å²) in [6.45, 7) is 0. The Morgan fingerprint density at radius 2 is 1.57 bits per heavy atom. The number of rotatable bonds is 6. The van der Waals surface area contributed by atoms with Gasteiger partial charge in [-0.1, -0.05) is 24.3 Å². The van der Waals surface area contributed by atoms with Gasteiger partial charge in [0.25, 0.3) is 5.91 Å². The summed E-state index contributed by atoms with van der Waals surface area (Å²) in [7, 11) is 0. The van der Waals surface area contributed by atoms with Crippen LogP contribution in [0.3, 0.4) is 0 Å². The first-order chi connectivity index (χ1) is 18.9. The Labute approximate surface area is 225 Å². The van der Waals surface area contributed by atoms with E-state index < -0.39 is 92.1 Å². The van der Waals surface area contributed by atoms with Crippen LogP contribution in [0.4, 0.5) is 0 Å². The second-order valence-electron chi connectivity index (χ2n) is 9.60. The number of phenols is 3.